The summed E-state index contributed by atoms with van der Waals surface area (Å²) in [6.45, 7) is 1.52. The number of nitrogens with one attached hydrogen (secondary N) is 2. The van der Waals surface area contributed by atoms with Crippen LogP contribution in [0.2, 0.25) is 0 Å². The number of aromatic amines is 2. The summed E-state index contributed by atoms with van der Waals surface area (Å²) >= 11 is 0. The fraction of sp³-hybridized carbons (Fsp3) is 0.316. The molecule has 1 saturated heterocycles. The zero-order valence-electron chi connectivity index (χ0n) is 14.7. The lowest BCUT2D eigenvalue weighted by molar-refractivity contribution is 0.185. The van der Waals surface area contributed by atoms with E-state index in [4.69, 9.17) is 4.74 Å². The van der Waals surface area contributed by atoms with Crippen molar-refractivity contribution in [3.63, 3.8) is 0 Å². The lowest BCUT2D eigenvalue weighted by Gasteiger charge is -2.31. The fourth-order valence-corrected chi connectivity index (χ4v) is 4.86. The predicted octanol–water partition coefficient (Wildman–Crippen LogP) is 2.34. The van der Waals surface area contributed by atoms with Gasteiger partial charge in [0, 0.05) is 13.1 Å². The first-order valence-corrected chi connectivity index (χ1v) is 10.4. The van der Waals surface area contributed by atoms with E-state index < -0.39 is 10.0 Å². The Morgan fingerprint density at radius 3 is 2.44 bits per heavy atom. The van der Waals surface area contributed by atoms with Gasteiger partial charge >= 0.3 is 5.69 Å². The zero-order valence-corrected chi connectivity index (χ0v) is 15.5. The molecule has 27 heavy (non-hydrogen) atoms. The van der Waals surface area contributed by atoms with E-state index in [0.717, 1.165) is 18.6 Å². The van der Waals surface area contributed by atoms with Crippen molar-refractivity contribution < 1.29 is 13.2 Å². The molecule has 0 aliphatic carbocycles. The van der Waals surface area contributed by atoms with Gasteiger partial charge in [-0.1, -0.05) is 18.2 Å². The number of sulfonamides is 1. The van der Waals surface area contributed by atoms with Crippen LogP contribution in [0.1, 0.15) is 12.8 Å². The van der Waals surface area contributed by atoms with Crippen molar-refractivity contribution in [3.8, 4) is 5.75 Å². The number of para-hydroxylation sites is 1. The highest BCUT2D eigenvalue weighted by Gasteiger charge is 2.30. The van der Waals surface area contributed by atoms with Crippen LogP contribution in [0, 0.1) is 5.92 Å². The number of aromatic nitrogens is 2. The van der Waals surface area contributed by atoms with Gasteiger partial charge in [-0.2, -0.15) is 4.31 Å². The molecule has 142 valence electrons. The molecular formula is C19H21N3O4S. The number of ether oxygens (including phenoxy) is 1. The highest BCUT2D eigenvalue weighted by atomic mass is 32.2. The molecule has 2 N–H and O–H groups in total. The molecule has 0 bridgehead atoms. The van der Waals surface area contributed by atoms with Gasteiger partial charge in [0.05, 0.1) is 22.5 Å². The molecule has 0 unspecified atom stereocenters. The van der Waals surface area contributed by atoms with Crippen LogP contribution >= 0.6 is 0 Å². The number of hydrogen-bond acceptors (Lipinski definition) is 4. The summed E-state index contributed by atoms with van der Waals surface area (Å²) < 4.78 is 33.1. The first kappa shape index (κ1) is 17.8. The second-order valence-electron chi connectivity index (χ2n) is 6.76. The van der Waals surface area contributed by atoms with Crippen molar-refractivity contribution in [1.29, 1.82) is 0 Å². The van der Waals surface area contributed by atoms with E-state index in [0.29, 0.717) is 36.6 Å². The van der Waals surface area contributed by atoms with E-state index in [9.17, 15) is 13.2 Å². The minimum atomic E-state index is -3.58. The topological polar surface area (TPSA) is 95.3 Å². The van der Waals surface area contributed by atoms with Crippen LogP contribution in [-0.2, 0) is 10.0 Å². The molecule has 4 rings (SSSR count). The van der Waals surface area contributed by atoms with Crippen molar-refractivity contribution in [3.05, 3.63) is 59.0 Å². The minimum absolute atomic E-state index is 0.198. The molecular weight excluding hydrogens is 366 g/mol. The first-order valence-electron chi connectivity index (χ1n) is 8.92. The molecule has 3 aromatic rings. The normalized spacial score (nSPS) is 16.6. The van der Waals surface area contributed by atoms with Gasteiger partial charge < -0.3 is 14.7 Å². The molecule has 2 heterocycles. The predicted molar refractivity (Wildman–Crippen MR) is 102 cm³/mol. The Bertz CT molecular complexity index is 1080. The van der Waals surface area contributed by atoms with Gasteiger partial charge in [0.2, 0.25) is 10.0 Å². The van der Waals surface area contributed by atoms with E-state index in [2.05, 4.69) is 9.97 Å². The fourth-order valence-electron chi connectivity index (χ4n) is 3.37. The van der Waals surface area contributed by atoms with Gasteiger partial charge in [0.25, 0.3) is 0 Å². The minimum Gasteiger partial charge on any atom is -0.493 e. The van der Waals surface area contributed by atoms with Crippen LogP contribution in [0.4, 0.5) is 0 Å². The lowest BCUT2D eigenvalue weighted by Crippen LogP contribution is -2.39. The Kier molecular flexibility index (Phi) is 4.75. The molecule has 0 amide bonds. The molecule has 0 atom stereocenters. The summed E-state index contributed by atoms with van der Waals surface area (Å²) in [5, 5.41) is 0. The van der Waals surface area contributed by atoms with Crippen LogP contribution in [0.3, 0.4) is 0 Å². The molecule has 0 radical (unpaired) electrons. The number of rotatable bonds is 5. The van der Waals surface area contributed by atoms with Crippen molar-refractivity contribution >= 4 is 21.1 Å². The average Bonchev–Trinajstić information content (AvgIpc) is 3.06. The zero-order chi connectivity index (χ0) is 18.9. The maximum Gasteiger partial charge on any atom is 0.323 e. The summed E-state index contributed by atoms with van der Waals surface area (Å²) in [6, 6.07) is 14.3. The van der Waals surface area contributed by atoms with Crippen molar-refractivity contribution in [1.82, 2.24) is 14.3 Å². The summed E-state index contributed by atoms with van der Waals surface area (Å²) in [7, 11) is -3.58. The summed E-state index contributed by atoms with van der Waals surface area (Å²) in [6.07, 6.45) is 1.52. The molecule has 1 aliphatic heterocycles. The average molecular weight is 387 g/mol. The largest absolute Gasteiger partial charge is 0.493 e. The summed E-state index contributed by atoms with van der Waals surface area (Å²) in [5.74, 6) is 1.17. The summed E-state index contributed by atoms with van der Waals surface area (Å²) in [5.41, 5.74) is 0.738. The number of benzene rings is 2. The van der Waals surface area contributed by atoms with Crippen molar-refractivity contribution in [2.75, 3.05) is 19.7 Å². The SMILES string of the molecule is O=c1[nH]c2ccc(S(=O)(=O)N3CCC(COc4ccccc4)CC3)cc2[nH]1. The van der Waals surface area contributed by atoms with Gasteiger partial charge in [0.1, 0.15) is 5.75 Å². The number of imidazole rings is 1. The van der Waals surface area contributed by atoms with Crippen LogP contribution in [0.5, 0.6) is 5.75 Å². The Hall–Kier alpha value is -2.58. The van der Waals surface area contributed by atoms with Gasteiger partial charge in [-0.15, -0.1) is 0 Å². The third kappa shape index (κ3) is 3.77. The van der Waals surface area contributed by atoms with E-state index in [1.807, 2.05) is 30.3 Å². The van der Waals surface area contributed by atoms with E-state index in [1.165, 1.54) is 16.4 Å². The third-order valence-electron chi connectivity index (χ3n) is 4.93. The van der Waals surface area contributed by atoms with E-state index >= 15 is 0 Å². The number of piperidine rings is 1. The van der Waals surface area contributed by atoms with Crippen LogP contribution in [-0.4, -0.2) is 42.4 Å². The number of fused-ring (bicyclic) bond motifs is 1. The van der Waals surface area contributed by atoms with Crippen LogP contribution < -0.4 is 10.4 Å². The molecule has 0 spiro atoms. The lowest BCUT2D eigenvalue weighted by atomic mass is 9.99. The second kappa shape index (κ2) is 7.21. The molecule has 1 fully saturated rings. The Labute approximate surface area is 157 Å². The number of nitrogens with zero attached hydrogens (tertiary/aromatic N) is 1. The molecule has 0 saturated carbocycles. The van der Waals surface area contributed by atoms with Crippen LogP contribution in [0.25, 0.3) is 11.0 Å². The number of hydrogen-bond donors (Lipinski definition) is 2. The van der Waals surface area contributed by atoms with Gasteiger partial charge in [-0.3, -0.25) is 0 Å². The summed E-state index contributed by atoms with van der Waals surface area (Å²) in [4.78, 5) is 16.8. The smallest absolute Gasteiger partial charge is 0.323 e. The first-order chi connectivity index (χ1) is 13.0. The molecule has 2 aromatic carbocycles. The molecule has 1 aromatic heterocycles. The maximum atomic E-state index is 12.9. The van der Waals surface area contributed by atoms with Crippen LogP contribution in [0.15, 0.2) is 58.2 Å². The Morgan fingerprint density at radius 1 is 1.00 bits per heavy atom. The van der Waals surface area contributed by atoms with Gasteiger partial charge in [0.15, 0.2) is 0 Å². The molecule has 8 heteroatoms. The Morgan fingerprint density at radius 2 is 1.70 bits per heavy atom. The molecule has 1 aliphatic rings. The third-order valence-corrected chi connectivity index (χ3v) is 6.82. The van der Waals surface area contributed by atoms with Gasteiger partial charge in [-0.25, -0.2) is 13.2 Å². The second-order valence-corrected chi connectivity index (χ2v) is 8.70. The standard InChI is InChI=1S/C19H21N3O4S/c23-19-20-17-7-6-16(12-18(17)21-19)27(24,25)22-10-8-14(9-11-22)13-26-15-4-2-1-3-5-15/h1-7,12,14H,8-11,13H2,(H2,20,21,23). The highest BCUT2D eigenvalue weighted by Crippen LogP contribution is 2.25. The van der Waals surface area contributed by atoms with Crippen molar-refractivity contribution in [2.45, 2.75) is 17.7 Å². The monoisotopic (exact) mass is 387 g/mol. The maximum absolute atomic E-state index is 12.9. The van der Waals surface area contributed by atoms with E-state index in [-0.39, 0.29) is 10.6 Å². The quantitative estimate of drug-likeness (QED) is 0.702. The van der Waals surface area contributed by atoms with E-state index in [1.54, 1.807) is 6.07 Å². The molecule has 7 nitrogen and oxygen atoms in total. The highest BCUT2D eigenvalue weighted by molar-refractivity contribution is 7.89. The Balaban J connectivity index is 1.40. The van der Waals surface area contributed by atoms with Gasteiger partial charge in [-0.05, 0) is 49.1 Å². The number of H-pyrrole nitrogens is 2. The van der Waals surface area contributed by atoms with Crippen molar-refractivity contribution in [2.24, 2.45) is 5.92 Å².